The van der Waals surface area contributed by atoms with E-state index in [1.807, 2.05) is 30.4 Å². The van der Waals surface area contributed by atoms with Gasteiger partial charge in [-0.3, -0.25) is 0 Å². The number of phenols is 1. The first-order chi connectivity index (χ1) is 12.1. The van der Waals surface area contributed by atoms with Crippen molar-refractivity contribution in [1.82, 2.24) is 0 Å². The van der Waals surface area contributed by atoms with Crippen LogP contribution in [0.1, 0.15) is 49.0 Å². The number of fused-ring (bicyclic) bond motifs is 1. The van der Waals surface area contributed by atoms with Crippen molar-refractivity contribution >= 4 is 29.3 Å². The minimum Gasteiger partial charge on any atom is -0.507 e. The Hall–Kier alpha value is -2.62. The molecular weight excluding hydrogens is 312 g/mol. The number of rotatable bonds is 2. The first-order valence-corrected chi connectivity index (χ1v) is 9.01. The molecule has 0 saturated heterocycles. The van der Waals surface area contributed by atoms with Gasteiger partial charge in [0.25, 0.3) is 0 Å². The molecule has 1 aromatic carbocycles. The molecule has 0 amide bonds. The SMILES string of the molecule is Nc1oc2c(c1N)C(=Cc1ccccc1O)C(C1CCCCC1)C=C2. The topological polar surface area (TPSA) is 85.4 Å². The number of aromatic hydroxyl groups is 1. The van der Waals surface area contributed by atoms with E-state index in [9.17, 15) is 5.11 Å². The molecule has 0 radical (unpaired) electrons. The van der Waals surface area contributed by atoms with E-state index in [0.29, 0.717) is 17.4 Å². The van der Waals surface area contributed by atoms with Crippen LogP contribution in [-0.4, -0.2) is 5.11 Å². The van der Waals surface area contributed by atoms with Crippen LogP contribution in [0, 0.1) is 11.8 Å². The molecule has 1 fully saturated rings. The molecule has 25 heavy (non-hydrogen) atoms. The highest BCUT2D eigenvalue weighted by molar-refractivity contribution is 5.96. The maximum atomic E-state index is 10.2. The van der Waals surface area contributed by atoms with Crippen LogP contribution in [0.3, 0.4) is 0 Å². The Kier molecular flexibility index (Phi) is 4.04. The van der Waals surface area contributed by atoms with Gasteiger partial charge in [-0.05, 0) is 42.6 Å². The maximum Gasteiger partial charge on any atom is 0.214 e. The van der Waals surface area contributed by atoms with Crippen LogP contribution < -0.4 is 11.5 Å². The van der Waals surface area contributed by atoms with Crippen molar-refractivity contribution in [3.05, 3.63) is 47.2 Å². The number of nitrogen functional groups attached to an aromatic ring is 2. The van der Waals surface area contributed by atoms with Gasteiger partial charge < -0.3 is 21.0 Å². The highest BCUT2D eigenvalue weighted by Crippen LogP contribution is 2.48. The summed E-state index contributed by atoms with van der Waals surface area (Å²) in [6, 6.07) is 7.37. The van der Waals surface area contributed by atoms with Crippen molar-refractivity contribution in [3.8, 4) is 5.75 Å². The van der Waals surface area contributed by atoms with E-state index >= 15 is 0 Å². The summed E-state index contributed by atoms with van der Waals surface area (Å²) in [6.45, 7) is 0. The quantitative estimate of drug-likeness (QED) is 0.727. The number of hydrogen-bond donors (Lipinski definition) is 3. The highest BCUT2D eigenvalue weighted by Gasteiger charge is 2.32. The number of phenolic OH excluding ortho intramolecular Hbond substituents is 1. The Labute approximate surface area is 147 Å². The van der Waals surface area contributed by atoms with Crippen molar-refractivity contribution < 1.29 is 9.52 Å². The number of benzene rings is 1. The lowest BCUT2D eigenvalue weighted by atomic mass is 9.72. The van der Waals surface area contributed by atoms with Gasteiger partial charge >= 0.3 is 0 Å². The second-order valence-electron chi connectivity index (χ2n) is 7.06. The molecular formula is C21H24N2O2. The molecule has 2 aliphatic rings. The molecule has 1 heterocycles. The van der Waals surface area contributed by atoms with Crippen LogP contribution in [0.25, 0.3) is 17.7 Å². The van der Waals surface area contributed by atoms with Crippen molar-refractivity contribution in [1.29, 1.82) is 0 Å². The molecule has 2 aliphatic carbocycles. The third-order valence-electron chi connectivity index (χ3n) is 5.51. The summed E-state index contributed by atoms with van der Waals surface area (Å²) in [5, 5.41) is 10.2. The van der Waals surface area contributed by atoms with Crippen LogP contribution in [0.4, 0.5) is 11.6 Å². The summed E-state index contributed by atoms with van der Waals surface area (Å²) in [5.74, 6) is 2.10. The lowest BCUT2D eigenvalue weighted by Crippen LogP contribution is -2.19. The Morgan fingerprint density at radius 2 is 1.84 bits per heavy atom. The van der Waals surface area contributed by atoms with Gasteiger partial charge in [0.1, 0.15) is 17.2 Å². The van der Waals surface area contributed by atoms with Crippen molar-refractivity contribution in [2.75, 3.05) is 11.5 Å². The second-order valence-corrected chi connectivity index (χ2v) is 7.06. The van der Waals surface area contributed by atoms with Crippen LogP contribution in [0.5, 0.6) is 5.75 Å². The fourth-order valence-corrected chi connectivity index (χ4v) is 4.21. The van der Waals surface area contributed by atoms with Gasteiger partial charge in [0.05, 0.1) is 0 Å². The van der Waals surface area contributed by atoms with Gasteiger partial charge in [-0.2, -0.15) is 0 Å². The second kappa shape index (κ2) is 6.36. The Bertz CT molecular complexity index is 842. The van der Waals surface area contributed by atoms with Crippen LogP contribution in [0.2, 0.25) is 0 Å². The van der Waals surface area contributed by atoms with Gasteiger partial charge in [-0.25, -0.2) is 0 Å². The van der Waals surface area contributed by atoms with Gasteiger partial charge in [-0.15, -0.1) is 0 Å². The summed E-state index contributed by atoms with van der Waals surface area (Å²) in [6.07, 6.45) is 12.6. The van der Waals surface area contributed by atoms with E-state index in [-0.39, 0.29) is 17.6 Å². The van der Waals surface area contributed by atoms with Crippen molar-refractivity contribution in [2.45, 2.75) is 32.1 Å². The smallest absolute Gasteiger partial charge is 0.214 e. The predicted molar refractivity (Wildman–Crippen MR) is 103 cm³/mol. The standard InChI is InChI=1S/C21H24N2O2/c22-20-19-16(12-14-8-4-5-9-17(14)24)15(13-6-2-1-3-7-13)10-11-18(19)25-21(20)23/h4-5,8-13,15,24H,1-3,6-7,22-23H2. The lowest BCUT2D eigenvalue weighted by Gasteiger charge is -2.32. The lowest BCUT2D eigenvalue weighted by molar-refractivity contribution is 0.323. The van der Waals surface area contributed by atoms with E-state index in [2.05, 4.69) is 6.08 Å². The molecule has 130 valence electrons. The monoisotopic (exact) mass is 336 g/mol. The minimum absolute atomic E-state index is 0.266. The molecule has 5 N–H and O–H groups in total. The number of para-hydroxylation sites is 1. The summed E-state index contributed by atoms with van der Waals surface area (Å²) < 4.78 is 5.63. The molecule has 1 unspecified atom stereocenters. The van der Waals surface area contributed by atoms with E-state index in [1.165, 1.54) is 32.1 Å². The van der Waals surface area contributed by atoms with Crippen LogP contribution in [-0.2, 0) is 0 Å². The minimum atomic E-state index is 0.266. The predicted octanol–water partition coefficient (Wildman–Crippen LogP) is 4.91. The van der Waals surface area contributed by atoms with Gasteiger partial charge in [0.2, 0.25) is 5.88 Å². The van der Waals surface area contributed by atoms with Gasteiger partial charge in [0, 0.05) is 17.0 Å². The van der Waals surface area contributed by atoms with E-state index in [1.54, 1.807) is 6.07 Å². The third kappa shape index (κ3) is 2.82. The molecule has 4 rings (SSSR count). The molecule has 1 saturated carbocycles. The van der Waals surface area contributed by atoms with E-state index < -0.39 is 0 Å². The number of nitrogens with two attached hydrogens (primary N) is 2. The zero-order chi connectivity index (χ0) is 17.4. The number of allylic oxidation sites excluding steroid dienone is 2. The van der Waals surface area contributed by atoms with E-state index in [4.69, 9.17) is 15.9 Å². The van der Waals surface area contributed by atoms with Crippen molar-refractivity contribution in [2.24, 2.45) is 11.8 Å². The Balaban J connectivity index is 1.84. The van der Waals surface area contributed by atoms with Gasteiger partial charge in [-0.1, -0.05) is 43.5 Å². The summed E-state index contributed by atoms with van der Waals surface area (Å²) in [4.78, 5) is 0. The van der Waals surface area contributed by atoms with Crippen LogP contribution in [0.15, 0.2) is 34.8 Å². The summed E-state index contributed by atoms with van der Waals surface area (Å²) in [7, 11) is 0. The first-order valence-electron chi connectivity index (χ1n) is 9.01. The molecule has 0 aliphatic heterocycles. The number of hydrogen-bond acceptors (Lipinski definition) is 4. The average Bonchev–Trinajstić information content (AvgIpc) is 2.92. The summed E-state index contributed by atoms with van der Waals surface area (Å²) in [5.41, 5.74) is 15.4. The Morgan fingerprint density at radius 3 is 2.60 bits per heavy atom. The molecule has 4 heteroatoms. The Morgan fingerprint density at radius 1 is 1.08 bits per heavy atom. The largest absolute Gasteiger partial charge is 0.507 e. The maximum absolute atomic E-state index is 10.2. The molecule has 1 aromatic heterocycles. The summed E-state index contributed by atoms with van der Waals surface area (Å²) >= 11 is 0. The molecule has 0 bridgehead atoms. The molecule has 0 spiro atoms. The molecule has 1 atom stereocenters. The number of anilines is 2. The number of furan rings is 1. The van der Waals surface area contributed by atoms with E-state index in [0.717, 1.165) is 16.7 Å². The normalized spacial score (nSPS) is 22.2. The highest BCUT2D eigenvalue weighted by atomic mass is 16.4. The van der Waals surface area contributed by atoms with Gasteiger partial charge in [0.15, 0.2) is 0 Å². The zero-order valence-electron chi connectivity index (χ0n) is 14.2. The zero-order valence-corrected chi connectivity index (χ0v) is 14.2. The third-order valence-corrected chi connectivity index (χ3v) is 5.51. The van der Waals surface area contributed by atoms with Crippen LogP contribution >= 0.6 is 0 Å². The first kappa shape index (κ1) is 15.9. The fraction of sp³-hybridized carbons (Fsp3) is 0.333. The molecule has 2 aromatic rings. The average molecular weight is 336 g/mol. The fourth-order valence-electron chi connectivity index (χ4n) is 4.21. The van der Waals surface area contributed by atoms with Crippen molar-refractivity contribution in [3.63, 3.8) is 0 Å². The molecule has 4 nitrogen and oxygen atoms in total.